The Morgan fingerprint density at radius 1 is 1.11 bits per heavy atom. The predicted molar refractivity (Wildman–Crippen MR) is 113 cm³/mol. The second-order valence-electron chi connectivity index (χ2n) is 8.04. The number of para-hydroxylation sites is 1. The number of nitrogens with two attached hydrogens (primary N) is 1. The quantitative estimate of drug-likeness (QED) is 0.663. The maximum Gasteiger partial charge on any atom is 0.250 e. The van der Waals surface area contributed by atoms with Crippen LogP contribution in [-0.4, -0.2) is 33.4 Å². The van der Waals surface area contributed by atoms with Crippen molar-refractivity contribution in [2.45, 2.75) is 57.0 Å². The van der Waals surface area contributed by atoms with E-state index in [-0.39, 0.29) is 0 Å². The van der Waals surface area contributed by atoms with Crippen LogP contribution in [-0.2, 0) is 0 Å². The van der Waals surface area contributed by atoms with Crippen molar-refractivity contribution in [3.63, 3.8) is 0 Å². The molecule has 5 rings (SSSR count). The van der Waals surface area contributed by atoms with Gasteiger partial charge >= 0.3 is 0 Å². The van der Waals surface area contributed by atoms with Gasteiger partial charge in [0.15, 0.2) is 0 Å². The number of carbonyl (C=O) groups excluding carboxylic acids is 1. The Balaban J connectivity index is 1.44. The molecule has 2 aromatic heterocycles. The zero-order valence-corrected chi connectivity index (χ0v) is 16.8. The Labute approximate surface area is 169 Å². The molecule has 0 bridgehead atoms. The third-order valence-electron chi connectivity index (χ3n) is 6.30. The third-order valence-corrected chi connectivity index (χ3v) is 7.50. The van der Waals surface area contributed by atoms with Gasteiger partial charge in [-0.2, -0.15) is 0 Å². The van der Waals surface area contributed by atoms with Crippen molar-refractivity contribution in [3.05, 3.63) is 40.8 Å². The van der Waals surface area contributed by atoms with Crippen LogP contribution in [0.4, 0.5) is 0 Å². The van der Waals surface area contributed by atoms with E-state index in [0.717, 1.165) is 22.3 Å². The average molecular weight is 395 g/mol. The van der Waals surface area contributed by atoms with Gasteiger partial charge in [0.05, 0.1) is 16.0 Å². The van der Waals surface area contributed by atoms with Crippen molar-refractivity contribution in [1.29, 1.82) is 0 Å². The summed E-state index contributed by atoms with van der Waals surface area (Å²) in [6.45, 7) is 1.23. The fourth-order valence-electron chi connectivity index (χ4n) is 4.95. The van der Waals surface area contributed by atoms with Gasteiger partial charge in [0.1, 0.15) is 11.3 Å². The molecule has 2 fully saturated rings. The number of carbonyl (C=O) groups is 1. The van der Waals surface area contributed by atoms with E-state index in [4.69, 9.17) is 10.7 Å². The Morgan fingerprint density at radius 3 is 2.79 bits per heavy atom. The summed E-state index contributed by atoms with van der Waals surface area (Å²) in [4.78, 5) is 25.1. The minimum Gasteiger partial charge on any atom is -0.366 e. The summed E-state index contributed by atoms with van der Waals surface area (Å²) >= 11 is 1.83. The van der Waals surface area contributed by atoms with Gasteiger partial charge < -0.3 is 10.7 Å². The minimum atomic E-state index is -0.440. The number of benzene rings is 1. The fraction of sp³-hybridized carbons (Fsp3) is 0.455. The van der Waals surface area contributed by atoms with E-state index in [0.29, 0.717) is 17.1 Å². The van der Waals surface area contributed by atoms with Crippen molar-refractivity contribution in [2.24, 2.45) is 5.73 Å². The number of imidazole rings is 1. The van der Waals surface area contributed by atoms with Crippen molar-refractivity contribution < 1.29 is 4.79 Å². The van der Waals surface area contributed by atoms with E-state index in [1.807, 2.05) is 23.5 Å². The van der Waals surface area contributed by atoms with Crippen molar-refractivity contribution in [2.75, 3.05) is 6.54 Å². The number of thiophene rings is 1. The van der Waals surface area contributed by atoms with Gasteiger partial charge in [-0.15, -0.1) is 11.3 Å². The second kappa shape index (κ2) is 7.33. The van der Waals surface area contributed by atoms with E-state index in [1.165, 1.54) is 56.4 Å². The molecule has 146 valence electrons. The number of H-pyrrole nitrogens is 1. The molecule has 6 heteroatoms. The maximum atomic E-state index is 11.7. The summed E-state index contributed by atoms with van der Waals surface area (Å²) in [6, 6.07) is 11.3. The summed E-state index contributed by atoms with van der Waals surface area (Å²) < 4.78 is 0. The smallest absolute Gasteiger partial charge is 0.250 e. The highest BCUT2D eigenvalue weighted by Gasteiger charge is 2.33. The van der Waals surface area contributed by atoms with E-state index >= 15 is 0 Å². The van der Waals surface area contributed by atoms with Crippen molar-refractivity contribution >= 4 is 28.3 Å². The molecule has 1 amide bonds. The Hall–Kier alpha value is -2.18. The number of amides is 1. The highest BCUT2D eigenvalue weighted by molar-refractivity contribution is 7.15. The van der Waals surface area contributed by atoms with Gasteiger partial charge in [0.25, 0.3) is 5.91 Å². The lowest BCUT2D eigenvalue weighted by atomic mass is 9.93. The number of aromatic amines is 1. The first-order chi connectivity index (χ1) is 13.7. The first-order valence-electron chi connectivity index (χ1n) is 10.3. The first-order valence-corrected chi connectivity index (χ1v) is 11.2. The SMILES string of the molecule is NC(=O)c1cccc2[nH]c(-c3ccc(C4CCCN4C4CCCCC4)s3)nc12. The van der Waals surface area contributed by atoms with E-state index in [9.17, 15) is 4.79 Å². The van der Waals surface area contributed by atoms with Crippen LogP contribution in [0.1, 0.15) is 66.2 Å². The van der Waals surface area contributed by atoms with Crippen molar-refractivity contribution in [1.82, 2.24) is 14.9 Å². The zero-order chi connectivity index (χ0) is 19.1. The summed E-state index contributed by atoms with van der Waals surface area (Å²) in [5.41, 5.74) is 7.48. The summed E-state index contributed by atoms with van der Waals surface area (Å²) in [5, 5.41) is 0. The lowest BCUT2D eigenvalue weighted by Crippen LogP contribution is -2.35. The van der Waals surface area contributed by atoms with Crippen LogP contribution in [0.3, 0.4) is 0 Å². The van der Waals surface area contributed by atoms with Crippen LogP contribution < -0.4 is 5.73 Å². The molecule has 3 heterocycles. The molecule has 1 aliphatic carbocycles. The normalized spacial score (nSPS) is 21.5. The number of likely N-dealkylation sites (tertiary alicyclic amines) is 1. The topological polar surface area (TPSA) is 75.0 Å². The van der Waals surface area contributed by atoms with Crippen LogP contribution >= 0.6 is 11.3 Å². The number of aromatic nitrogens is 2. The first kappa shape index (κ1) is 17.9. The molecular formula is C22H26N4OS. The van der Waals surface area contributed by atoms with Gasteiger partial charge in [-0.3, -0.25) is 9.69 Å². The predicted octanol–water partition coefficient (Wildman–Crippen LogP) is 4.86. The molecule has 0 spiro atoms. The molecule has 1 unspecified atom stereocenters. The number of nitrogens with zero attached hydrogens (tertiary/aromatic N) is 2. The van der Waals surface area contributed by atoms with Gasteiger partial charge in [0.2, 0.25) is 0 Å². The molecule has 3 aromatic rings. The van der Waals surface area contributed by atoms with E-state index < -0.39 is 5.91 Å². The standard InChI is InChI=1S/C22H26N4OS/c23-21(27)15-8-4-9-16-20(15)25-22(24-16)19-12-11-18(28-19)17-10-5-13-26(17)14-6-2-1-3-7-14/h4,8-9,11-12,14,17H,1-3,5-7,10,13H2,(H2,23,27)(H,24,25). The molecule has 1 atom stereocenters. The molecular weight excluding hydrogens is 368 g/mol. The molecule has 1 saturated heterocycles. The van der Waals surface area contributed by atoms with Crippen LogP contribution in [0.2, 0.25) is 0 Å². The fourth-order valence-corrected chi connectivity index (χ4v) is 6.06. The Morgan fingerprint density at radius 2 is 1.96 bits per heavy atom. The van der Waals surface area contributed by atoms with Crippen molar-refractivity contribution in [3.8, 4) is 10.7 Å². The van der Waals surface area contributed by atoms with E-state index in [2.05, 4.69) is 22.0 Å². The summed E-state index contributed by atoms with van der Waals surface area (Å²) in [7, 11) is 0. The summed E-state index contributed by atoms with van der Waals surface area (Å²) in [6.07, 6.45) is 9.42. The molecule has 5 nitrogen and oxygen atoms in total. The molecule has 2 aliphatic rings. The second-order valence-corrected chi connectivity index (χ2v) is 9.16. The van der Waals surface area contributed by atoms with Crippen LogP contribution in [0.15, 0.2) is 30.3 Å². The molecule has 0 radical (unpaired) electrons. The monoisotopic (exact) mass is 394 g/mol. The Bertz CT molecular complexity index is 1000. The lowest BCUT2D eigenvalue weighted by Gasteiger charge is -2.35. The number of primary amides is 1. The van der Waals surface area contributed by atoms with Crippen LogP contribution in [0.25, 0.3) is 21.7 Å². The largest absolute Gasteiger partial charge is 0.366 e. The van der Waals surface area contributed by atoms with Gasteiger partial charge in [-0.05, 0) is 56.5 Å². The molecule has 1 aromatic carbocycles. The molecule has 1 aliphatic heterocycles. The van der Waals surface area contributed by atoms with Gasteiger partial charge in [-0.25, -0.2) is 4.98 Å². The number of hydrogen-bond acceptors (Lipinski definition) is 4. The number of fused-ring (bicyclic) bond motifs is 1. The average Bonchev–Trinajstić information content (AvgIpc) is 3.45. The summed E-state index contributed by atoms with van der Waals surface area (Å²) in [5.74, 6) is 0.381. The van der Waals surface area contributed by atoms with Crippen LogP contribution in [0, 0.1) is 0 Å². The molecule has 1 saturated carbocycles. The minimum absolute atomic E-state index is 0.440. The number of nitrogens with one attached hydrogen (secondary N) is 1. The number of rotatable bonds is 4. The van der Waals surface area contributed by atoms with E-state index in [1.54, 1.807) is 6.07 Å². The third kappa shape index (κ3) is 3.14. The van der Waals surface area contributed by atoms with Gasteiger partial charge in [0, 0.05) is 17.0 Å². The molecule has 3 N–H and O–H groups in total. The van der Waals surface area contributed by atoms with Gasteiger partial charge in [-0.1, -0.05) is 25.3 Å². The maximum absolute atomic E-state index is 11.7. The molecule has 28 heavy (non-hydrogen) atoms. The van der Waals surface area contributed by atoms with Crippen LogP contribution in [0.5, 0.6) is 0 Å². The lowest BCUT2D eigenvalue weighted by molar-refractivity contribution is 0.100. The highest BCUT2D eigenvalue weighted by Crippen LogP contribution is 2.41. The Kier molecular flexibility index (Phi) is 4.69. The zero-order valence-electron chi connectivity index (χ0n) is 16.0. The number of hydrogen-bond donors (Lipinski definition) is 2. The highest BCUT2D eigenvalue weighted by atomic mass is 32.1.